The van der Waals surface area contributed by atoms with Gasteiger partial charge >= 0.3 is 5.97 Å². The molecule has 0 radical (unpaired) electrons. The first-order valence-corrected chi connectivity index (χ1v) is 11.6. The molecule has 8 nitrogen and oxygen atoms in total. The van der Waals surface area contributed by atoms with Crippen LogP contribution < -0.4 is 0 Å². The van der Waals surface area contributed by atoms with E-state index in [2.05, 4.69) is 31.2 Å². The van der Waals surface area contributed by atoms with Gasteiger partial charge in [0.25, 0.3) is 0 Å². The van der Waals surface area contributed by atoms with Gasteiger partial charge in [-0.3, -0.25) is 4.79 Å². The molecule has 0 aromatic rings. The second-order valence-corrected chi connectivity index (χ2v) is 7.73. The van der Waals surface area contributed by atoms with E-state index in [1.165, 1.54) is 44.9 Å². The van der Waals surface area contributed by atoms with Crippen molar-refractivity contribution in [3.63, 3.8) is 0 Å². The smallest absolute Gasteiger partial charge is 0.303 e. The number of rotatable bonds is 19. The number of carbonyl (C=O) groups excluding carboxylic acids is 1. The van der Waals surface area contributed by atoms with E-state index in [0.717, 1.165) is 25.7 Å². The summed E-state index contributed by atoms with van der Waals surface area (Å²) in [4.78, 5) is 20.2. The van der Waals surface area contributed by atoms with Crippen molar-refractivity contribution in [1.82, 2.24) is 0 Å². The molecular weight excluding hydrogens is 416 g/mol. The molecule has 0 saturated carbocycles. The van der Waals surface area contributed by atoms with Crippen LogP contribution in [0.3, 0.4) is 0 Å². The van der Waals surface area contributed by atoms with E-state index in [9.17, 15) is 9.59 Å². The molecule has 0 aromatic heterocycles. The third kappa shape index (κ3) is 21.6. The zero-order valence-electron chi connectivity index (χ0n) is 19.4. The lowest BCUT2D eigenvalue weighted by Crippen LogP contribution is -2.46. The van der Waals surface area contributed by atoms with Gasteiger partial charge in [0.1, 0.15) is 24.4 Å². The van der Waals surface area contributed by atoms with Crippen LogP contribution in [0.2, 0.25) is 0 Å². The summed E-state index contributed by atoms with van der Waals surface area (Å²) in [6.45, 7) is 1.47. The van der Waals surface area contributed by atoms with E-state index >= 15 is 0 Å². The van der Waals surface area contributed by atoms with E-state index in [1.807, 2.05) is 0 Å². The summed E-state index contributed by atoms with van der Waals surface area (Å²) in [7, 11) is 0. The highest BCUT2D eigenvalue weighted by Gasteiger charge is 2.29. The maximum atomic E-state index is 10.3. The minimum atomic E-state index is -1.79. The minimum Gasteiger partial charge on any atom is -0.481 e. The fraction of sp³-hybridized carbons (Fsp3) is 0.750. The van der Waals surface area contributed by atoms with Crippen LogP contribution in [-0.2, 0) is 9.59 Å². The number of aliphatic hydroxyl groups is 5. The van der Waals surface area contributed by atoms with E-state index in [4.69, 9.17) is 30.6 Å². The zero-order valence-corrected chi connectivity index (χ0v) is 19.4. The minimum absolute atomic E-state index is 0.0258. The largest absolute Gasteiger partial charge is 0.481 e. The Bertz CT molecular complexity index is 492. The predicted molar refractivity (Wildman–Crippen MR) is 124 cm³/mol. The number of carboxylic acids is 1. The van der Waals surface area contributed by atoms with Crippen LogP contribution in [-0.4, -0.2) is 73.9 Å². The third-order valence-corrected chi connectivity index (χ3v) is 4.76. The van der Waals surface area contributed by atoms with Gasteiger partial charge in [-0.15, -0.1) is 0 Å². The van der Waals surface area contributed by atoms with Gasteiger partial charge in [0.05, 0.1) is 6.61 Å². The first kappa shape index (κ1) is 32.6. The molecule has 0 rings (SSSR count). The van der Waals surface area contributed by atoms with Crippen molar-refractivity contribution in [2.24, 2.45) is 0 Å². The summed E-state index contributed by atoms with van der Waals surface area (Å²) in [5.41, 5.74) is 0. The van der Waals surface area contributed by atoms with Gasteiger partial charge in [-0.2, -0.15) is 0 Å². The summed E-state index contributed by atoms with van der Waals surface area (Å²) in [5.74, 6) is -0.671. The first-order valence-electron chi connectivity index (χ1n) is 11.6. The van der Waals surface area contributed by atoms with Gasteiger partial charge in [-0.1, -0.05) is 63.3 Å². The molecule has 0 fully saturated rings. The fourth-order valence-corrected chi connectivity index (χ4v) is 2.71. The van der Waals surface area contributed by atoms with Crippen molar-refractivity contribution < 1.29 is 40.2 Å². The lowest BCUT2D eigenvalue weighted by Gasteiger charge is -2.22. The number of allylic oxidation sites excluding steroid dienone is 4. The van der Waals surface area contributed by atoms with Crippen LogP contribution in [0.15, 0.2) is 24.3 Å². The quantitative estimate of drug-likeness (QED) is 0.0975. The summed E-state index contributed by atoms with van der Waals surface area (Å²) in [6, 6.07) is 0. The van der Waals surface area contributed by atoms with Gasteiger partial charge in [0, 0.05) is 6.42 Å². The molecule has 0 aliphatic heterocycles. The zero-order chi connectivity index (χ0) is 24.6. The third-order valence-electron chi connectivity index (χ3n) is 4.76. The van der Waals surface area contributed by atoms with E-state index in [-0.39, 0.29) is 6.29 Å². The van der Waals surface area contributed by atoms with Gasteiger partial charge in [0.2, 0.25) is 0 Å². The number of carboxylic acid groups (broad SMARTS) is 1. The van der Waals surface area contributed by atoms with Gasteiger partial charge in [0.15, 0.2) is 6.29 Å². The van der Waals surface area contributed by atoms with E-state index in [0.29, 0.717) is 6.42 Å². The average molecular weight is 461 g/mol. The summed E-state index contributed by atoms with van der Waals surface area (Å²) < 4.78 is 0. The molecule has 188 valence electrons. The van der Waals surface area contributed by atoms with Crippen molar-refractivity contribution in [2.75, 3.05) is 6.61 Å². The van der Waals surface area contributed by atoms with Gasteiger partial charge in [-0.25, -0.2) is 0 Å². The number of carbonyl (C=O) groups is 2. The highest BCUT2D eigenvalue weighted by atomic mass is 16.4. The molecule has 6 N–H and O–H groups in total. The highest BCUT2D eigenvalue weighted by molar-refractivity contribution is 5.66. The molecule has 0 aliphatic carbocycles. The van der Waals surface area contributed by atoms with Crippen LogP contribution in [0.1, 0.15) is 84.0 Å². The fourth-order valence-electron chi connectivity index (χ4n) is 2.71. The van der Waals surface area contributed by atoms with Crippen molar-refractivity contribution >= 4 is 12.3 Å². The second-order valence-electron chi connectivity index (χ2n) is 7.73. The maximum absolute atomic E-state index is 10.3. The average Bonchev–Trinajstić information content (AvgIpc) is 2.79. The number of unbranched alkanes of at least 4 members (excludes halogenated alkanes) is 8. The Hall–Kier alpha value is -1.58. The normalized spacial score (nSPS) is 15.2. The monoisotopic (exact) mass is 460 g/mol. The number of aliphatic hydroxyl groups excluding tert-OH is 5. The summed E-state index contributed by atoms with van der Waals surface area (Å²) in [6.07, 6.45) is 15.4. The Balaban J connectivity index is 0. The topological polar surface area (TPSA) is 156 Å². The number of hydrogen-bond acceptors (Lipinski definition) is 7. The Labute approximate surface area is 192 Å². The number of aldehydes is 1. The van der Waals surface area contributed by atoms with Crippen molar-refractivity contribution in [3.8, 4) is 0 Å². The summed E-state index contributed by atoms with van der Waals surface area (Å²) >= 11 is 0. The Morgan fingerprint density at radius 1 is 0.781 bits per heavy atom. The van der Waals surface area contributed by atoms with Gasteiger partial charge in [-0.05, 0) is 38.5 Å². The molecule has 32 heavy (non-hydrogen) atoms. The number of hydrogen-bond donors (Lipinski definition) is 6. The SMILES string of the molecule is CCCCC/C=C\C/C=C\CCCCCCCC(=O)O.O=C[C@H](O)[C@@H](O)[C@@H](O)[C@H](O)CO. The highest BCUT2D eigenvalue weighted by Crippen LogP contribution is 2.08. The number of aliphatic carboxylic acids is 1. The van der Waals surface area contributed by atoms with Crippen molar-refractivity contribution in [1.29, 1.82) is 0 Å². The molecule has 0 heterocycles. The van der Waals surface area contributed by atoms with Crippen LogP contribution in [0.4, 0.5) is 0 Å². The Morgan fingerprint density at radius 2 is 1.31 bits per heavy atom. The Morgan fingerprint density at radius 3 is 1.81 bits per heavy atom. The second kappa shape index (κ2) is 24.1. The van der Waals surface area contributed by atoms with Crippen molar-refractivity contribution in [2.45, 2.75) is 108 Å². The Kier molecular flexibility index (Phi) is 24.5. The predicted octanol–water partition coefficient (Wildman–Crippen LogP) is 2.51. The van der Waals surface area contributed by atoms with E-state index < -0.39 is 37.0 Å². The lowest BCUT2D eigenvalue weighted by atomic mass is 10.0. The van der Waals surface area contributed by atoms with E-state index in [1.54, 1.807) is 0 Å². The van der Waals surface area contributed by atoms with Crippen LogP contribution in [0.25, 0.3) is 0 Å². The molecule has 0 aliphatic rings. The summed E-state index contributed by atoms with van der Waals surface area (Å²) in [5, 5.41) is 52.0. The molecule has 4 atom stereocenters. The first-order chi connectivity index (χ1) is 15.3. The maximum Gasteiger partial charge on any atom is 0.303 e. The molecule has 0 saturated heterocycles. The molecule has 0 spiro atoms. The van der Waals surface area contributed by atoms with Crippen molar-refractivity contribution in [3.05, 3.63) is 24.3 Å². The van der Waals surface area contributed by atoms with Crippen LogP contribution in [0.5, 0.6) is 0 Å². The van der Waals surface area contributed by atoms with Crippen LogP contribution in [0, 0.1) is 0 Å². The molecule has 0 amide bonds. The molecule has 0 unspecified atom stereocenters. The van der Waals surface area contributed by atoms with Gasteiger partial charge < -0.3 is 35.4 Å². The van der Waals surface area contributed by atoms with Crippen LogP contribution >= 0.6 is 0 Å². The molecule has 0 bridgehead atoms. The molecule has 0 aromatic carbocycles. The molecule has 8 heteroatoms. The standard InChI is InChI=1S/C18H32O2.C6H12O6/c1-2-3-4-5-6-7-8-9-10-11-12-13-14-15-16-17-18(19)20;7-1-3(9)5(11)6(12)4(10)2-8/h6-7,9-10H,2-5,8,11-17H2,1H3,(H,19,20);1,3-6,8-12H,2H2/b7-6-,10-9-;/t;3-,4+,5+,6-/m.0/s1. The molecular formula is C24H44O8. The lowest BCUT2D eigenvalue weighted by molar-refractivity contribution is -0.137.